The number of ketones is 1. The van der Waals surface area contributed by atoms with E-state index in [1.54, 1.807) is 0 Å². The number of hydrogen-bond acceptors (Lipinski definition) is 3. The van der Waals surface area contributed by atoms with Crippen molar-refractivity contribution >= 4 is 5.78 Å². The van der Waals surface area contributed by atoms with Crippen molar-refractivity contribution in [1.29, 1.82) is 0 Å². The van der Waals surface area contributed by atoms with E-state index in [1.165, 1.54) is 0 Å². The molecule has 3 fully saturated rings. The number of Topliss-reactive ketones (excluding diaryl/α,β-unsaturated/α-hetero) is 1. The van der Waals surface area contributed by atoms with Crippen LogP contribution in [-0.2, 0) is 14.3 Å². The summed E-state index contributed by atoms with van der Waals surface area (Å²) >= 11 is 0. The molecule has 1 saturated heterocycles. The topological polar surface area (TPSA) is 35.5 Å². The Labute approximate surface area is 77.4 Å². The van der Waals surface area contributed by atoms with Crippen LogP contribution < -0.4 is 0 Å². The molecule has 0 amide bonds. The molecule has 0 N–H and O–H groups in total. The van der Waals surface area contributed by atoms with Gasteiger partial charge in [0.05, 0.1) is 13.2 Å². The maximum absolute atomic E-state index is 11.2. The molecule has 3 heteroatoms. The molecule has 0 unspecified atom stereocenters. The molecule has 3 nitrogen and oxygen atoms in total. The minimum absolute atomic E-state index is 0.282. The van der Waals surface area contributed by atoms with Crippen LogP contribution in [0.15, 0.2) is 0 Å². The molecule has 0 aromatic carbocycles. The van der Waals surface area contributed by atoms with Crippen molar-refractivity contribution in [1.82, 2.24) is 0 Å². The van der Waals surface area contributed by atoms with E-state index >= 15 is 0 Å². The van der Waals surface area contributed by atoms with Crippen LogP contribution >= 0.6 is 0 Å². The SMILES string of the molecule is O=C1C[C@H]2CC3(C[C@@H]2C1)OCCO3. The Hall–Kier alpha value is -0.410. The molecule has 3 aliphatic rings. The van der Waals surface area contributed by atoms with Crippen molar-refractivity contribution < 1.29 is 14.3 Å². The Balaban J connectivity index is 1.77. The van der Waals surface area contributed by atoms with Crippen molar-refractivity contribution in [3.8, 4) is 0 Å². The minimum atomic E-state index is -0.282. The van der Waals surface area contributed by atoms with Crippen LogP contribution in [0.1, 0.15) is 25.7 Å². The zero-order valence-electron chi connectivity index (χ0n) is 7.62. The normalized spacial score (nSPS) is 41.7. The minimum Gasteiger partial charge on any atom is -0.348 e. The Morgan fingerprint density at radius 2 is 1.62 bits per heavy atom. The Bertz CT molecular complexity index is 225. The summed E-state index contributed by atoms with van der Waals surface area (Å²) in [6, 6.07) is 0. The fourth-order valence-corrected chi connectivity index (χ4v) is 3.09. The van der Waals surface area contributed by atoms with Crippen molar-refractivity contribution in [3.05, 3.63) is 0 Å². The molecule has 0 aromatic heterocycles. The maximum Gasteiger partial charge on any atom is 0.169 e. The summed E-state index contributed by atoms with van der Waals surface area (Å²) in [5, 5.41) is 0. The molecule has 2 saturated carbocycles. The molecule has 13 heavy (non-hydrogen) atoms. The summed E-state index contributed by atoms with van der Waals surface area (Å²) in [7, 11) is 0. The lowest BCUT2D eigenvalue weighted by atomic mass is 10.0. The summed E-state index contributed by atoms with van der Waals surface area (Å²) < 4.78 is 11.3. The summed E-state index contributed by atoms with van der Waals surface area (Å²) in [5.41, 5.74) is 0. The first-order chi connectivity index (χ1) is 6.27. The van der Waals surface area contributed by atoms with Gasteiger partial charge in [0.15, 0.2) is 5.79 Å². The van der Waals surface area contributed by atoms with Gasteiger partial charge in [-0.15, -0.1) is 0 Å². The zero-order valence-corrected chi connectivity index (χ0v) is 7.62. The fraction of sp³-hybridized carbons (Fsp3) is 0.900. The molecule has 2 atom stereocenters. The van der Waals surface area contributed by atoms with Crippen molar-refractivity contribution in [3.63, 3.8) is 0 Å². The molecule has 0 aromatic rings. The average molecular weight is 182 g/mol. The van der Waals surface area contributed by atoms with Crippen LogP contribution in [0.25, 0.3) is 0 Å². The number of hydrogen-bond donors (Lipinski definition) is 0. The quantitative estimate of drug-likeness (QED) is 0.563. The molecule has 1 aliphatic heterocycles. The van der Waals surface area contributed by atoms with Crippen molar-refractivity contribution in [2.45, 2.75) is 31.5 Å². The van der Waals surface area contributed by atoms with Gasteiger partial charge >= 0.3 is 0 Å². The van der Waals surface area contributed by atoms with E-state index in [4.69, 9.17) is 9.47 Å². The van der Waals surface area contributed by atoms with Gasteiger partial charge in [-0.05, 0) is 11.8 Å². The van der Waals surface area contributed by atoms with Gasteiger partial charge < -0.3 is 9.47 Å². The van der Waals surface area contributed by atoms with Crippen molar-refractivity contribution in [2.75, 3.05) is 13.2 Å². The third-order valence-corrected chi connectivity index (χ3v) is 3.61. The zero-order chi connectivity index (χ0) is 8.89. The van der Waals surface area contributed by atoms with Crippen LogP contribution in [-0.4, -0.2) is 24.8 Å². The molecule has 0 bridgehead atoms. The van der Waals surface area contributed by atoms with Gasteiger partial charge in [-0.2, -0.15) is 0 Å². The van der Waals surface area contributed by atoms with E-state index in [-0.39, 0.29) is 5.79 Å². The largest absolute Gasteiger partial charge is 0.348 e. The van der Waals surface area contributed by atoms with E-state index in [0.29, 0.717) is 17.6 Å². The number of ether oxygens (including phenoxy) is 2. The van der Waals surface area contributed by atoms with Crippen LogP contribution in [0.3, 0.4) is 0 Å². The van der Waals surface area contributed by atoms with Gasteiger partial charge in [0, 0.05) is 25.7 Å². The van der Waals surface area contributed by atoms with E-state index in [2.05, 4.69) is 0 Å². The van der Waals surface area contributed by atoms with Crippen LogP contribution in [0.4, 0.5) is 0 Å². The van der Waals surface area contributed by atoms with Gasteiger partial charge in [-0.25, -0.2) is 0 Å². The molecule has 1 heterocycles. The van der Waals surface area contributed by atoms with Gasteiger partial charge in [-0.3, -0.25) is 4.79 Å². The lowest BCUT2D eigenvalue weighted by Gasteiger charge is -2.22. The molecular weight excluding hydrogens is 168 g/mol. The fourth-order valence-electron chi connectivity index (χ4n) is 3.09. The van der Waals surface area contributed by atoms with Crippen LogP contribution in [0, 0.1) is 11.8 Å². The second-order valence-corrected chi connectivity index (χ2v) is 4.48. The summed E-state index contributed by atoms with van der Waals surface area (Å²) in [6.45, 7) is 1.46. The molecule has 0 radical (unpaired) electrons. The predicted octanol–water partition coefficient (Wildman–Crippen LogP) is 1.12. The Morgan fingerprint density at radius 1 is 1.08 bits per heavy atom. The Morgan fingerprint density at radius 3 is 2.15 bits per heavy atom. The first-order valence-corrected chi connectivity index (χ1v) is 5.07. The second-order valence-electron chi connectivity index (χ2n) is 4.48. The van der Waals surface area contributed by atoms with E-state index < -0.39 is 0 Å². The highest BCUT2D eigenvalue weighted by atomic mass is 16.7. The van der Waals surface area contributed by atoms with Gasteiger partial charge in [-0.1, -0.05) is 0 Å². The van der Waals surface area contributed by atoms with E-state index in [0.717, 1.165) is 38.9 Å². The standard InChI is InChI=1S/C10H14O3/c11-9-3-7-5-10(6-8(7)4-9)12-1-2-13-10/h7-8H,1-6H2/t7-,8-/m0/s1. The first-order valence-electron chi connectivity index (χ1n) is 5.07. The molecule has 2 aliphatic carbocycles. The number of carbonyl (C=O) groups excluding carboxylic acids is 1. The molecule has 3 rings (SSSR count). The highest BCUT2D eigenvalue weighted by molar-refractivity contribution is 5.81. The number of rotatable bonds is 0. The second kappa shape index (κ2) is 2.55. The number of carbonyl (C=O) groups is 1. The molecular formula is C10H14O3. The van der Waals surface area contributed by atoms with Crippen LogP contribution in [0.5, 0.6) is 0 Å². The Kier molecular flexibility index (Phi) is 1.56. The van der Waals surface area contributed by atoms with E-state index in [9.17, 15) is 4.79 Å². The molecule has 72 valence electrons. The monoisotopic (exact) mass is 182 g/mol. The first kappa shape index (κ1) is 7.94. The van der Waals surface area contributed by atoms with Gasteiger partial charge in [0.25, 0.3) is 0 Å². The van der Waals surface area contributed by atoms with Gasteiger partial charge in [0.2, 0.25) is 0 Å². The lowest BCUT2D eigenvalue weighted by Crippen LogP contribution is -2.27. The third kappa shape index (κ3) is 1.14. The maximum atomic E-state index is 11.2. The van der Waals surface area contributed by atoms with Crippen LogP contribution in [0.2, 0.25) is 0 Å². The summed E-state index contributed by atoms with van der Waals surface area (Å²) in [6.07, 6.45) is 3.42. The third-order valence-electron chi connectivity index (χ3n) is 3.61. The number of fused-ring (bicyclic) bond motifs is 1. The molecule has 1 spiro atoms. The van der Waals surface area contributed by atoms with E-state index in [1.807, 2.05) is 0 Å². The highest BCUT2D eigenvalue weighted by Gasteiger charge is 2.52. The highest BCUT2D eigenvalue weighted by Crippen LogP contribution is 2.50. The lowest BCUT2D eigenvalue weighted by molar-refractivity contribution is -0.156. The average Bonchev–Trinajstić information content (AvgIpc) is 2.67. The van der Waals surface area contributed by atoms with Gasteiger partial charge in [0.1, 0.15) is 5.78 Å². The smallest absolute Gasteiger partial charge is 0.169 e. The van der Waals surface area contributed by atoms with Crippen molar-refractivity contribution in [2.24, 2.45) is 11.8 Å². The summed E-state index contributed by atoms with van der Waals surface area (Å²) in [5.74, 6) is 1.25. The predicted molar refractivity (Wildman–Crippen MR) is 45.1 cm³/mol. The summed E-state index contributed by atoms with van der Waals surface area (Å²) in [4.78, 5) is 11.2.